The third-order valence-electron chi connectivity index (χ3n) is 4.26. The molecule has 2 aliphatic rings. The molecule has 0 saturated heterocycles. The molecule has 3 N–H and O–H groups in total. The van der Waals surface area contributed by atoms with E-state index in [1.807, 2.05) is 0 Å². The maximum absolute atomic E-state index is 10.4. The van der Waals surface area contributed by atoms with Gasteiger partial charge in [0.25, 0.3) is 0 Å². The number of hydrogen-bond donors (Lipinski definition) is 2. The summed E-state index contributed by atoms with van der Waals surface area (Å²) in [5.41, 5.74) is 7.95. The topological polar surface area (TPSA) is 55.5 Å². The summed E-state index contributed by atoms with van der Waals surface area (Å²) in [6.07, 6.45) is 5.31. The predicted molar refractivity (Wildman–Crippen MR) is 70.7 cm³/mol. The number of nitrogens with two attached hydrogens (primary N) is 1. The zero-order valence-electron chi connectivity index (χ0n) is 10.7. The van der Waals surface area contributed by atoms with E-state index in [2.05, 4.69) is 18.2 Å². The quantitative estimate of drug-likeness (QED) is 0.856. The molecule has 0 aromatic heterocycles. The van der Waals surface area contributed by atoms with Gasteiger partial charge in [-0.1, -0.05) is 12.1 Å². The molecule has 1 aromatic rings. The van der Waals surface area contributed by atoms with Crippen LogP contribution in [0.15, 0.2) is 18.2 Å². The number of aliphatic hydroxyl groups is 1. The molecule has 1 heterocycles. The summed E-state index contributed by atoms with van der Waals surface area (Å²) in [5.74, 6) is 1.03. The molecule has 1 aliphatic carbocycles. The van der Waals surface area contributed by atoms with Crippen molar-refractivity contribution in [3.63, 3.8) is 0 Å². The van der Waals surface area contributed by atoms with Crippen LogP contribution >= 0.6 is 0 Å². The zero-order chi connectivity index (χ0) is 12.6. The molecule has 0 amide bonds. The fraction of sp³-hybridized carbons (Fsp3) is 0.600. The minimum Gasteiger partial charge on any atom is -0.493 e. The third-order valence-corrected chi connectivity index (χ3v) is 4.26. The molecule has 1 fully saturated rings. The Hall–Kier alpha value is -1.06. The lowest BCUT2D eigenvalue weighted by Crippen LogP contribution is -2.28. The summed E-state index contributed by atoms with van der Waals surface area (Å²) in [6, 6.07) is 6.58. The van der Waals surface area contributed by atoms with Crippen LogP contribution in [0.1, 0.15) is 36.8 Å². The van der Waals surface area contributed by atoms with Gasteiger partial charge in [-0.3, -0.25) is 0 Å². The maximum atomic E-state index is 10.4. The van der Waals surface area contributed by atoms with Crippen molar-refractivity contribution in [2.75, 3.05) is 6.61 Å². The van der Waals surface area contributed by atoms with Crippen molar-refractivity contribution in [2.24, 2.45) is 5.73 Å². The van der Waals surface area contributed by atoms with Crippen LogP contribution in [0.25, 0.3) is 0 Å². The number of aryl methyl sites for hydroxylation is 1. The Morgan fingerprint density at radius 3 is 3.11 bits per heavy atom. The SMILES string of the molecule is NC1CCC(O)(CCc2ccc3c(c2)CCO3)C1. The first-order chi connectivity index (χ1) is 8.65. The van der Waals surface area contributed by atoms with E-state index < -0.39 is 5.60 Å². The van der Waals surface area contributed by atoms with E-state index in [9.17, 15) is 5.11 Å². The Labute approximate surface area is 108 Å². The second-order valence-corrected chi connectivity index (χ2v) is 5.77. The summed E-state index contributed by atoms with van der Waals surface area (Å²) in [6.45, 7) is 0.803. The highest BCUT2D eigenvalue weighted by Crippen LogP contribution is 2.33. The number of benzene rings is 1. The van der Waals surface area contributed by atoms with E-state index in [1.54, 1.807) is 0 Å². The van der Waals surface area contributed by atoms with Crippen molar-refractivity contribution in [2.45, 2.75) is 50.2 Å². The summed E-state index contributed by atoms with van der Waals surface area (Å²) in [4.78, 5) is 0. The van der Waals surface area contributed by atoms with E-state index in [0.717, 1.165) is 50.9 Å². The van der Waals surface area contributed by atoms with Crippen LogP contribution < -0.4 is 10.5 Å². The second-order valence-electron chi connectivity index (χ2n) is 5.77. The summed E-state index contributed by atoms with van der Waals surface area (Å²) >= 11 is 0. The molecule has 1 saturated carbocycles. The summed E-state index contributed by atoms with van der Waals surface area (Å²) in [5, 5.41) is 10.4. The fourth-order valence-corrected chi connectivity index (χ4v) is 3.15. The fourth-order valence-electron chi connectivity index (χ4n) is 3.15. The molecule has 3 nitrogen and oxygen atoms in total. The van der Waals surface area contributed by atoms with Crippen molar-refractivity contribution in [1.29, 1.82) is 0 Å². The smallest absolute Gasteiger partial charge is 0.122 e. The monoisotopic (exact) mass is 247 g/mol. The zero-order valence-corrected chi connectivity index (χ0v) is 10.7. The highest BCUT2D eigenvalue weighted by Gasteiger charge is 2.35. The largest absolute Gasteiger partial charge is 0.493 e. The predicted octanol–water partition coefficient (Wildman–Crippen LogP) is 1.80. The van der Waals surface area contributed by atoms with Crippen LogP contribution in [0.4, 0.5) is 0 Å². The van der Waals surface area contributed by atoms with E-state index in [0.29, 0.717) is 0 Å². The number of fused-ring (bicyclic) bond motifs is 1. The Kier molecular flexibility index (Phi) is 3.04. The van der Waals surface area contributed by atoms with Crippen molar-refractivity contribution in [3.05, 3.63) is 29.3 Å². The van der Waals surface area contributed by atoms with Gasteiger partial charge >= 0.3 is 0 Å². The molecule has 2 unspecified atom stereocenters. The van der Waals surface area contributed by atoms with Crippen LogP contribution in [0, 0.1) is 0 Å². The maximum Gasteiger partial charge on any atom is 0.122 e. The van der Waals surface area contributed by atoms with Gasteiger partial charge in [0.1, 0.15) is 5.75 Å². The van der Waals surface area contributed by atoms with Crippen LogP contribution in [-0.4, -0.2) is 23.4 Å². The number of hydrogen-bond acceptors (Lipinski definition) is 3. The molecule has 2 atom stereocenters. The van der Waals surface area contributed by atoms with E-state index in [1.165, 1.54) is 11.1 Å². The molecule has 18 heavy (non-hydrogen) atoms. The van der Waals surface area contributed by atoms with Gasteiger partial charge in [0.05, 0.1) is 12.2 Å². The van der Waals surface area contributed by atoms with Gasteiger partial charge in [-0.05, 0) is 49.3 Å². The van der Waals surface area contributed by atoms with Crippen molar-refractivity contribution < 1.29 is 9.84 Å². The average molecular weight is 247 g/mol. The normalized spacial score (nSPS) is 30.2. The van der Waals surface area contributed by atoms with E-state index >= 15 is 0 Å². The first kappa shape index (κ1) is 12.0. The van der Waals surface area contributed by atoms with Gasteiger partial charge in [0.2, 0.25) is 0 Å². The Morgan fingerprint density at radius 1 is 1.44 bits per heavy atom. The van der Waals surface area contributed by atoms with Gasteiger partial charge in [-0.2, -0.15) is 0 Å². The van der Waals surface area contributed by atoms with Crippen molar-refractivity contribution in [1.82, 2.24) is 0 Å². The molecule has 1 aromatic carbocycles. The van der Waals surface area contributed by atoms with Crippen LogP contribution in [0.2, 0.25) is 0 Å². The Balaban J connectivity index is 1.63. The third kappa shape index (κ3) is 2.38. The molecule has 3 rings (SSSR count). The average Bonchev–Trinajstić information content (AvgIpc) is 2.93. The van der Waals surface area contributed by atoms with Gasteiger partial charge in [0, 0.05) is 12.5 Å². The molecule has 0 radical (unpaired) electrons. The number of rotatable bonds is 3. The standard InChI is InChI=1S/C15H21NO2/c16-13-4-7-15(17,10-13)6-3-11-1-2-14-12(9-11)5-8-18-14/h1-2,9,13,17H,3-8,10,16H2. The lowest BCUT2D eigenvalue weighted by atomic mass is 9.92. The molecular formula is C15H21NO2. The first-order valence-electron chi connectivity index (χ1n) is 6.87. The molecule has 98 valence electrons. The lowest BCUT2D eigenvalue weighted by Gasteiger charge is -2.22. The van der Waals surface area contributed by atoms with E-state index in [4.69, 9.17) is 10.5 Å². The van der Waals surface area contributed by atoms with Crippen LogP contribution in [0.3, 0.4) is 0 Å². The highest BCUT2D eigenvalue weighted by atomic mass is 16.5. The Morgan fingerprint density at radius 2 is 2.33 bits per heavy atom. The van der Waals surface area contributed by atoms with Crippen molar-refractivity contribution in [3.8, 4) is 5.75 Å². The molecule has 0 spiro atoms. The van der Waals surface area contributed by atoms with Gasteiger partial charge in [-0.25, -0.2) is 0 Å². The molecular weight excluding hydrogens is 226 g/mol. The minimum absolute atomic E-state index is 0.184. The van der Waals surface area contributed by atoms with Gasteiger partial charge in [0.15, 0.2) is 0 Å². The molecule has 3 heteroatoms. The van der Waals surface area contributed by atoms with Crippen LogP contribution in [-0.2, 0) is 12.8 Å². The minimum atomic E-state index is -0.533. The molecule has 1 aliphatic heterocycles. The first-order valence-corrected chi connectivity index (χ1v) is 6.87. The second kappa shape index (κ2) is 4.56. The lowest BCUT2D eigenvalue weighted by molar-refractivity contribution is 0.0378. The Bertz CT molecular complexity index is 446. The summed E-state index contributed by atoms with van der Waals surface area (Å²) in [7, 11) is 0. The summed E-state index contributed by atoms with van der Waals surface area (Å²) < 4.78 is 5.50. The van der Waals surface area contributed by atoms with Crippen molar-refractivity contribution >= 4 is 0 Å². The number of ether oxygens (including phenoxy) is 1. The van der Waals surface area contributed by atoms with Gasteiger partial charge in [-0.15, -0.1) is 0 Å². The molecule has 0 bridgehead atoms. The van der Waals surface area contributed by atoms with Gasteiger partial charge < -0.3 is 15.6 Å². The van der Waals surface area contributed by atoms with Crippen LogP contribution in [0.5, 0.6) is 5.75 Å². The highest BCUT2D eigenvalue weighted by molar-refractivity contribution is 5.39. The van der Waals surface area contributed by atoms with E-state index in [-0.39, 0.29) is 6.04 Å².